The molecule has 0 bridgehead atoms. The van der Waals surface area contributed by atoms with Crippen LogP contribution in [0.5, 0.6) is 0 Å². The van der Waals surface area contributed by atoms with Crippen molar-refractivity contribution in [1.82, 2.24) is 4.57 Å². The van der Waals surface area contributed by atoms with Crippen LogP contribution in [0.3, 0.4) is 0 Å². The number of aliphatic carboxylic acids is 1. The summed E-state index contributed by atoms with van der Waals surface area (Å²) >= 11 is 0. The van der Waals surface area contributed by atoms with Crippen molar-refractivity contribution in [3.63, 3.8) is 0 Å². The number of aliphatic hydroxyl groups is 2. The Morgan fingerprint density at radius 3 is 2.19 bits per heavy atom. The fourth-order valence-corrected chi connectivity index (χ4v) is 6.36. The maximum atomic E-state index is 14.7. The van der Waals surface area contributed by atoms with Gasteiger partial charge in [-0.05, 0) is 130 Å². The first-order valence-electron chi connectivity index (χ1n) is 16.3. The lowest BCUT2D eigenvalue weighted by Gasteiger charge is -2.26. The minimum absolute atomic E-state index is 0. The molecule has 0 saturated carbocycles. The molecule has 1 aromatic heterocycles. The van der Waals surface area contributed by atoms with Gasteiger partial charge in [-0.25, -0.2) is 4.39 Å². The number of amides is 1. The summed E-state index contributed by atoms with van der Waals surface area (Å²) in [4.78, 5) is 25.8. The molecule has 4 aromatic rings. The molecule has 4 rings (SSSR count). The van der Waals surface area contributed by atoms with Gasteiger partial charge in [-0.15, -0.1) is 0 Å². The molecule has 2 unspecified atom stereocenters. The second-order valence-electron chi connectivity index (χ2n) is 12.9. The van der Waals surface area contributed by atoms with E-state index in [0.717, 1.165) is 51.2 Å². The van der Waals surface area contributed by atoms with Gasteiger partial charge in [-0.3, -0.25) is 9.59 Å². The number of aliphatic hydroxyl groups excluding tert-OH is 2. The maximum Gasteiger partial charge on any atom is 0.305 e. The Kier molecular flexibility index (Phi) is 11.4. The number of carbonyl (C=O) groups excluding carboxylic acids is 1. The SMILES string of the molecule is CCC(C)c1c(C(=O)Nc2ccc(C)c(C)c2)c(-c2cccc(C)c2C)c(-c2ccc(F)cc2)n1C(C)C[C@@H](O)C[C@@H](O)CC(=O)O.[HH].[HH].[HH].[HH].[HH].[HH].[HH].[HH].[HH].[HH].[HH].[HH].[HH].[HH].[HH].[HH].[HH].[HH].[HH].[HH].[HH].[HH].[HH].[HH].[HH].[HH].[HH].[HH].[HH].[HH].[HH].[HH].[HH].[HH].[HH].[HH].[HH].[HH].[HH].[HH].[HH].[HH].[HH].[HH].[HH].[HH].[HH].[HH].[HH].[HH].[HH].[HH].[HH].[HH].[HH].[HH].[HH].[HH].[HH].[HH].[HH].[HH].[HH].[HH].[HH].[HH].[HH].[HH].[HH].[HH].[HH].[HH].[HH].[HH].[HH].[HH].[HH].[HH].[HH].[HH].[HH].[HH].[HH].[HH].[HH].[HH].[HH].[HH].[HH].[HH].[HH].[HH].[HH].[HH].[HH].[HH].[HH].[HH].[HH].[HH].[HH].[HH].[HH].[HH].[HH].[HH].[HH].[HH].[HH].[HH].[HH].[HH].[HH].[HH].[HH].[HH].[HH].[HH].[HH].[HH].[HH].[HH].[HH].[HH].[HH].[HH].[HH].[HH].[HH].[HH].[HH].[HH].[HH].[HH].[HH].[HH].[HH].[HH].[HH].[HH].[HH].[HH].[HH].[HH].[HH].[HH].[HH].[HH].[HH].[HH].[HH].[HH].[HH].[HH].[HH].[HH].[HH].[HH].[HH].[HH].[HH].[HH].[HH].[HH].[HH].[HH].[HH].[HH].[HH].[HH].[HH].[HH].[HH].[HH].[HH].[HH].[HH].[HH].[HH].[HH].[HH].[HH].[HH].[HH].[HH].[HH].[HH].[HH].[HH].[HH].[HH].[HH].[HH].[HH].[HH].[HH].[HH].[HH].[HH].[HH].[HH].[HH].[HH].[HH].[HH].[HH].[HH].[HH].[HH].[HH].[HH].[HH].[HH].[HH].[HH].[HH].[HH].[HH].[HH].[HH].[HH].[HH].[HH].[HH]. The van der Waals surface area contributed by atoms with Crippen LogP contribution >= 0.6 is 0 Å². The standard InChI is InChI=1S/C39H47FN2O5.224H2/c1-8-22(2)37-36(39(47)41-30-17-12-23(3)25(5)18-30)35(33-11-9-10-24(4)27(33)7)38(28-13-15-29(40)16-14-28)42(37)26(6)19-31(43)20-32(44)21-34(45)46;;;;;;;;;;;;;;;;;;;;;;;;;;;;;;;;;;;;;;;;;;;;;;;;;;;;;;;;;;;;;;;;;;;;;;;;;;;;;;;;;;;;;;;;;;;;;;;;;;;;;;;;;;;;;;;;;;;;;;;;;;;;;;;;;;;;;;;;;;;;;;;;;;;;;;;;;;;;;;;;;;;;;;;;;;;;;;;;;;;;;;;;;;;;;;;;;;;;;;;;;;;;;;;;;;;;;;;;;;;;;;;;/h9-18,22,26,31-32,43-44H,8,19-21H2,1-7H3,(H,41,47)(H,45,46);224*1H/t22?,26?,31-,32-;;;;;;;;;;;;;;;;;;;;;;;;;;;;;;;;;;;;;;;;;;;;;;;;;;;;;;;;;;;;;;;;;;;;;;;;;;;;;;;;;;;;;;;;;;;;;;;;;;;;;;;;;;;;;;;;;;;;;;;;;;;;;;;;;;;;;;;;;;;;;;;;;;;;;;;;;;;;;;;;;;;;;;;;;;;;;;;;;;;;;;;;;;;;;;;;;;;;;;;;;;;;;;;;;;;;;;;;;;;;;;;;/m1................................................................................................................................................................................................................................/s1. The number of benzene rings is 3. The van der Waals surface area contributed by atoms with Crippen LogP contribution in [0.4, 0.5) is 10.1 Å². The Morgan fingerprint density at radius 2 is 1.57 bits per heavy atom. The Morgan fingerprint density at radius 1 is 0.894 bits per heavy atom. The second kappa shape index (κ2) is 15.1. The Labute approximate surface area is 609 Å². The summed E-state index contributed by atoms with van der Waals surface area (Å²) in [6, 6.07) is 17.6. The van der Waals surface area contributed by atoms with Crippen LogP contribution in [0, 0.1) is 33.5 Å². The number of nitrogens with zero attached hydrogens (tertiary/aromatic N) is 1. The zero-order chi connectivity index (χ0) is 34.6. The van der Waals surface area contributed by atoms with Crippen LogP contribution in [0.2, 0.25) is 0 Å². The fraction of sp³-hybridized carbons (Fsp3) is 0.385. The predicted octanol–water partition coefficient (Wildman–Crippen LogP) is 63.6. The fourth-order valence-electron chi connectivity index (χ4n) is 6.36. The zero-order valence-electron chi connectivity index (χ0n) is 28.4. The van der Waals surface area contributed by atoms with Gasteiger partial charge in [-0.1, -0.05) is 38.1 Å². The smallest absolute Gasteiger partial charge is 0.305 e. The van der Waals surface area contributed by atoms with Crippen LogP contribution < -0.4 is 5.32 Å². The van der Waals surface area contributed by atoms with Gasteiger partial charge in [0.15, 0.2) is 0 Å². The van der Waals surface area contributed by atoms with Crippen molar-refractivity contribution in [3.8, 4) is 22.4 Å². The van der Waals surface area contributed by atoms with Crippen molar-refractivity contribution in [2.24, 2.45) is 0 Å². The number of carboxylic acid groups (broad SMARTS) is 1. The second-order valence-corrected chi connectivity index (χ2v) is 12.9. The number of nitrogens with one attached hydrogen (secondary N) is 1. The molecule has 1 heterocycles. The average Bonchev–Trinajstić information content (AvgIpc) is 3.36. The first-order valence-corrected chi connectivity index (χ1v) is 16.3. The van der Waals surface area contributed by atoms with Gasteiger partial charge in [-0.2, -0.15) is 0 Å². The molecular weight excluding hydrogens is 595 g/mol. The Hall–Kier alpha value is -4.27. The quantitative estimate of drug-likeness (QED) is 0.107. The predicted molar refractivity (Wildman–Crippen MR) is 659 cm³/mol. The number of hydrogen-bond acceptors (Lipinski definition) is 4. The monoisotopic (exact) mass is 1090 g/mol. The number of hydrogen-bond donors (Lipinski definition) is 4. The van der Waals surface area contributed by atoms with E-state index in [4.69, 9.17) is 5.11 Å². The first-order chi connectivity index (χ1) is 22.2. The molecule has 0 aliphatic heterocycles. The highest BCUT2D eigenvalue weighted by atomic mass is 19.1. The minimum Gasteiger partial charge on any atom is -0.481 e. The molecule has 0 aliphatic carbocycles. The Balaban J connectivity index is -0.000000000510. The van der Waals surface area contributed by atoms with E-state index in [9.17, 15) is 24.2 Å². The molecule has 3 aromatic carbocycles. The van der Waals surface area contributed by atoms with Crippen molar-refractivity contribution in [2.75, 3.05) is 5.32 Å². The van der Waals surface area contributed by atoms with E-state index in [-0.39, 0.29) is 350 Å². The number of rotatable bonds is 13. The maximum absolute atomic E-state index is 14.7. The van der Waals surface area contributed by atoms with Gasteiger partial charge in [0, 0.05) is 343 Å². The van der Waals surface area contributed by atoms with Gasteiger partial charge in [0.05, 0.1) is 29.9 Å². The van der Waals surface area contributed by atoms with Crippen molar-refractivity contribution < 1.29 is 349 Å². The summed E-state index contributed by atoms with van der Waals surface area (Å²) in [5, 5.41) is 33.6. The van der Waals surface area contributed by atoms with Gasteiger partial charge < -0.3 is 25.2 Å². The van der Waals surface area contributed by atoms with Crippen molar-refractivity contribution in [2.45, 2.75) is 98.3 Å². The number of aryl methyl sites for hydroxylation is 3. The molecule has 0 radical (unpaired) electrons. The summed E-state index contributed by atoms with van der Waals surface area (Å²) in [5.74, 6) is -1.89. The number of carboxylic acids is 1. The molecule has 0 fully saturated rings. The van der Waals surface area contributed by atoms with Crippen LogP contribution in [0.25, 0.3) is 22.4 Å². The summed E-state index contributed by atoms with van der Waals surface area (Å²) < 4.78 is 16.4. The van der Waals surface area contributed by atoms with Crippen LogP contribution in [0.1, 0.15) is 416 Å². The third-order valence-corrected chi connectivity index (χ3v) is 9.31. The van der Waals surface area contributed by atoms with E-state index in [1.165, 1.54) is 12.1 Å². The summed E-state index contributed by atoms with van der Waals surface area (Å²) in [6.45, 7) is 14.2. The van der Waals surface area contributed by atoms with Crippen LogP contribution in [0.15, 0.2) is 60.7 Å². The number of carbonyl (C=O) groups is 2. The molecule has 4 N–H and O–H groups in total. The van der Waals surface area contributed by atoms with Crippen molar-refractivity contribution in [3.05, 3.63) is 100.0 Å². The first kappa shape index (κ1) is 35.6. The van der Waals surface area contributed by atoms with Gasteiger partial charge in [0.25, 0.3) is 5.91 Å². The third kappa shape index (κ3) is 8.00. The highest BCUT2D eigenvalue weighted by Crippen LogP contribution is 2.46. The summed E-state index contributed by atoms with van der Waals surface area (Å²) in [5.41, 5.74) is 9.25. The van der Waals surface area contributed by atoms with Crippen molar-refractivity contribution in [1.29, 1.82) is 0 Å². The van der Waals surface area contributed by atoms with Gasteiger partial charge in [0.2, 0.25) is 0 Å². The Bertz CT molecular complexity index is 1920. The van der Waals surface area contributed by atoms with E-state index in [1.807, 2.05) is 71.0 Å². The summed E-state index contributed by atoms with van der Waals surface area (Å²) in [7, 11) is 0. The molecule has 1 amide bonds. The van der Waals surface area contributed by atoms with E-state index < -0.39 is 30.6 Å². The lowest BCUT2D eigenvalue weighted by Crippen LogP contribution is -2.24. The minimum atomic E-state index is -1.20. The van der Waals surface area contributed by atoms with Crippen LogP contribution in [-0.4, -0.2) is 44.0 Å². The average molecular weight is 1090 g/mol. The zero-order valence-corrected chi connectivity index (χ0v) is 28.4. The van der Waals surface area contributed by atoms with E-state index in [2.05, 4.69) is 23.7 Å². The van der Waals surface area contributed by atoms with Crippen molar-refractivity contribution >= 4 is 17.6 Å². The molecule has 698 valence electrons. The molecule has 0 aliphatic rings. The van der Waals surface area contributed by atoms with E-state index in [0.29, 0.717) is 16.8 Å². The lowest BCUT2D eigenvalue weighted by atomic mass is 9.89. The largest absolute Gasteiger partial charge is 0.481 e. The van der Waals surface area contributed by atoms with E-state index in [1.54, 1.807) is 12.1 Å². The number of aromatic nitrogens is 1. The highest BCUT2D eigenvalue weighted by molar-refractivity contribution is 6.13. The van der Waals surface area contributed by atoms with Crippen LogP contribution in [-0.2, 0) is 4.79 Å². The molecule has 8 heteroatoms. The van der Waals surface area contributed by atoms with Gasteiger partial charge >= 0.3 is 5.97 Å². The van der Waals surface area contributed by atoms with E-state index >= 15 is 0 Å². The number of halogens is 1. The normalized spacial score (nSPS) is 14.0. The van der Waals surface area contributed by atoms with Gasteiger partial charge in [0.1, 0.15) is 5.82 Å². The lowest BCUT2D eigenvalue weighted by molar-refractivity contribution is -0.139. The molecule has 7 nitrogen and oxygen atoms in total. The highest BCUT2D eigenvalue weighted by Gasteiger charge is 2.34. The molecule has 4 atom stereocenters. The molecule has 47 heavy (non-hydrogen) atoms. The molecule has 0 spiro atoms. The summed E-state index contributed by atoms with van der Waals surface area (Å²) in [6.07, 6.45) is -1.87. The number of anilines is 1. The molecular formula is C39H495FN2O5. The topological polar surface area (TPSA) is 112 Å². The third-order valence-electron chi connectivity index (χ3n) is 9.31. The molecule has 0 saturated heterocycles.